The Kier molecular flexibility index (Phi) is 10.0. The van der Waals surface area contributed by atoms with E-state index in [4.69, 9.17) is 78.1 Å². The van der Waals surface area contributed by atoms with Gasteiger partial charge in [-0.25, -0.2) is 0 Å². The van der Waals surface area contributed by atoms with Crippen molar-refractivity contribution < 1.29 is 87.7 Å². The van der Waals surface area contributed by atoms with Crippen LogP contribution in [-0.2, 0) is 32.5 Å². The molecule has 0 atom stereocenters. The first kappa shape index (κ1) is 38.8. The minimum absolute atomic E-state index is 0.0158. The molecular formula is C122H116N8. The summed E-state index contributed by atoms with van der Waals surface area (Å²) in [6.07, 6.45) is -2.01. The highest BCUT2D eigenvalue weighted by molar-refractivity contribution is 5.95. The molecule has 0 unspecified atom stereocenters. The molecule has 8 heterocycles. The van der Waals surface area contributed by atoms with Gasteiger partial charge in [0.25, 0.3) is 0 Å². The van der Waals surface area contributed by atoms with Crippen molar-refractivity contribution >= 4 is 87.2 Å². The largest absolute Gasteiger partial charge is 0.316 e. The normalized spacial score (nSPS) is 19.2. The molecule has 0 saturated heterocycles. The second kappa shape index (κ2) is 33.6. The van der Waals surface area contributed by atoms with Gasteiger partial charge < -0.3 is 36.5 Å². The summed E-state index contributed by atoms with van der Waals surface area (Å²) in [5, 5.41) is -0.955. The summed E-state index contributed by atoms with van der Waals surface area (Å²) in [6.45, 7) is 27.4. The van der Waals surface area contributed by atoms with E-state index in [1.54, 1.807) is 65.8 Å². The van der Waals surface area contributed by atoms with Crippen molar-refractivity contribution in [3.05, 3.63) is 457 Å². The van der Waals surface area contributed by atoms with Crippen molar-refractivity contribution in [2.45, 2.75) is 143 Å². The highest BCUT2D eigenvalue weighted by atomic mass is 15.1. The number of hydrogen-bond acceptors (Lipinski definition) is 0. The number of aromatic nitrogens is 8. The Balaban J connectivity index is 0.000000155. The zero-order chi connectivity index (χ0) is 146. The summed E-state index contributed by atoms with van der Waals surface area (Å²) in [6, 6.07) is -31.7. The highest BCUT2D eigenvalue weighted by Gasteiger charge is 2.35. The maximum Gasteiger partial charge on any atom is 0.0826 e. The summed E-state index contributed by atoms with van der Waals surface area (Å²) in [7, 11) is 0. The fourth-order valence-electron chi connectivity index (χ4n) is 15.4. The molecular weight excluding hydrogens is 1580 g/mol. The van der Waals surface area contributed by atoms with Crippen LogP contribution >= 0.6 is 0 Å². The van der Waals surface area contributed by atoms with Crippen LogP contribution in [0.1, 0.15) is 243 Å². The topological polar surface area (TPSA) is 39.4 Å². The van der Waals surface area contributed by atoms with Crippen LogP contribution in [-0.4, -0.2) is 36.5 Å². The van der Waals surface area contributed by atoms with E-state index < -0.39 is 425 Å². The summed E-state index contributed by atoms with van der Waals surface area (Å²) in [5.41, 5.74) is -11.0. The van der Waals surface area contributed by atoms with Gasteiger partial charge in [-0.2, -0.15) is 0 Å². The molecule has 22 rings (SSSR count). The predicted molar refractivity (Wildman–Crippen MR) is 552 cm³/mol. The molecule has 0 spiro atoms. The molecule has 0 aliphatic heterocycles. The third kappa shape index (κ3) is 15.8. The molecule has 8 aromatic heterocycles. The van der Waals surface area contributed by atoms with E-state index in [2.05, 4.69) is 0 Å². The summed E-state index contributed by atoms with van der Waals surface area (Å²) in [4.78, 5) is 0. The van der Waals surface area contributed by atoms with E-state index in [0.29, 0.717) is 33.3 Å². The molecule has 130 heavy (non-hydrogen) atoms. The van der Waals surface area contributed by atoms with Crippen molar-refractivity contribution in [1.82, 2.24) is 36.5 Å². The smallest absolute Gasteiger partial charge is 0.0826 e. The molecule has 8 nitrogen and oxygen atoms in total. The molecule has 14 aromatic carbocycles. The van der Waals surface area contributed by atoms with Crippen LogP contribution in [0.3, 0.4) is 0 Å². The van der Waals surface area contributed by atoms with Crippen molar-refractivity contribution in [1.29, 1.82) is 0 Å². The Morgan fingerprint density at radius 3 is 0.662 bits per heavy atom. The SMILES string of the molecule is [2H]c1c([2H])c(-n2c([2H])c(C(C)(C)C)c3c([2H])c([2H])c([2H])c([2H])c32)c([2H])c(-n2c([2H])c(C(C)(C)C)c3c([2H])c([2H])c([2H])c([2H])c32)c1[2H].[2H]c1c([2H])c([2H])c(-n2c(C(C)(C)c3c([2H])c4c([2H])c([2H])c([2H])c([2H])c4n3-c3c([2H])c([2H])c([2H])c([2H])c3[2H])c([2H])c3c([2H])c([2H])c([2H])c([2H])c32)c([2H])c1[2H].[2H]c1c([2H])c([2H])c(-n2c([2H])c(C(C)(C)c3c([2H])n(-c4c([2H])c([2H])c([2H])c([2H])c4[2H])c4c([2H])c([2H])c([2H])c([2H])c34)c3c([2H])c([2H])c([2H])c([2H])c32)c([2H])c1[2H].[2H]c1c([2H])c([2H])c2c(c1[2H])c(C(C)(C)C)c([2H])n2-c1ccc(-n2c([2H])c(C(C)(C)C)c3c([2H])c([2H])c([2H])c([2H])c32)cc1. The third-order valence-corrected chi connectivity index (χ3v) is 21.6. The quantitative estimate of drug-likeness (QED) is 0.117. The fraction of sp³-hybridized carbons (Fsp3) is 0.180. The van der Waals surface area contributed by atoms with E-state index in [9.17, 15) is 9.60 Å². The Hall–Kier alpha value is -14.6. The molecule has 0 radical (unpaired) electrons. The molecule has 22 aromatic rings. The average molecular weight is 1760 g/mol. The van der Waals surface area contributed by atoms with E-state index >= 15 is 0 Å². The zero-order valence-electron chi connectivity index (χ0n) is 137. The van der Waals surface area contributed by atoms with E-state index in [1.165, 1.54) is 36.8 Å². The Labute approximate surface area is 855 Å². The summed E-state index contributed by atoms with van der Waals surface area (Å²) < 4.78 is 562. The monoisotopic (exact) mass is 1760 g/mol. The summed E-state index contributed by atoms with van der Waals surface area (Å²) >= 11 is 0. The Morgan fingerprint density at radius 2 is 0.385 bits per heavy atom. The van der Waals surface area contributed by atoms with Gasteiger partial charge in [-0.3, -0.25) is 0 Å². The van der Waals surface area contributed by atoms with Gasteiger partial charge in [0.1, 0.15) is 0 Å². The number of hydrogen-bond donors (Lipinski definition) is 0. The Bertz CT molecular complexity index is 11300. The first-order chi connectivity index (χ1) is 89.2. The zero-order valence-corrected chi connectivity index (χ0v) is 72.9. The molecule has 0 aliphatic carbocycles. The minimum atomic E-state index is -2.02. The van der Waals surface area contributed by atoms with Crippen LogP contribution in [0.2, 0.25) is 0 Å². The maximum absolute atomic E-state index is 9.50. The van der Waals surface area contributed by atoms with E-state index in [0.717, 1.165) is 27.4 Å². The predicted octanol–water partition coefficient (Wildman–Crippen LogP) is 32.1. The molecule has 0 bridgehead atoms. The van der Waals surface area contributed by atoms with Crippen LogP contribution in [0.25, 0.3) is 133 Å². The van der Waals surface area contributed by atoms with E-state index in [-0.39, 0.29) is 139 Å². The van der Waals surface area contributed by atoms with Gasteiger partial charge >= 0.3 is 0 Å². The second-order valence-electron chi connectivity index (χ2n) is 35.2. The first-order valence-corrected chi connectivity index (χ1v) is 40.7. The Morgan fingerprint density at radius 1 is 0.177 bits per heavy atom. The van der Waals surface area contributed by atoms with Gasteiger partial charge in [0.15, 0.2) is 0 Å². The van der Waals surface area contributed by atoms with Crippen LogP contribution in [0.4, 0.5) is 0 Å². The molecule has 644 valence electrons. The lowest BCUT2D eigenvalue weighted by Crippen LogP contribution is -2.25. The minimum Gasteiger partial charge on any atom is -0.316 e. The van der Waals surface area contributed by atoms with Gasteiger partial charge in [-0.15, -0.1) is 0 Å². The lowest BCUT2D eigenvalue weighted by molar-refractivity contribution is 0.576. The van der Waals surface area contributed by atoms with Crippen molar-refractivity contribution in [2.24, 2.45) is 0 Å². The maximum atomic E-state index is 9.50. The number of fused-ring (bicyclic) bond motifs is 8. The highest BCUT2D eigenvalue weighted by Crippen LogP contribution is 2.46. The van der Waals surface area contributed by atoms with Gasteiger partial charge in [0.2, 0.25) is 0 Å². The molecule has 0 aliphatic rings. The standard InChI is InChI=1S/2C31H26N2.2C30H32N2/c1-31(2,29-21-23-13-9-11-19-27(23)32(29)25-15-5-3-6-16-25)30-22-24-14-10-12-20-28(24)33(30)26-17-7-4-8-18-26;1-31(2,27-21-32(23-13-5-3-6-14-23)29-19-11-9-17-25(27)29)28-22-33(24-15-7-4-8-16-24)30-20-12-10-18-26(28)30;1-29(2,3)25-19-31(27-16-9-7-14-23(25)27)21-12-11-13-22(18-21)32-20-26(30(4,5)6)24-15-8-10-17-28(24)32;1-29(2,3)25-19-31(27-13-9-7-11-23(25)27)21-15-17-22(18-16-21)32-20-26(30(4,5)6)24-12-8-10-14-28(24)32/h2*3-22H,1-2H3;2*7-20H,1-6H3/i2*3D,4D,5D,6D,7D,8D,9D,10D,11D,12D,13D,14D,15D,16D,17D,18D,19D,20D,21D,22D;7D,8D,9D,10D,11D,12D,13D,14D,15D,16D,17D,18D,19D,20D;7D,8D,9D,10D,11D,12D,13D,14D,19D,20D. The molecule has 0 amide bonds. The number of benzene rings is 14. The lowest BCUT2D eigenvalue weighted by atomic mass is 9.78. The second-order valence-corrected chi connectivity index (χ2v) is 35.2. The summed E-state index contributed by atoms with van der Waals surface area (Å²) in [5.74, 6) is 0. The van der Waals surface area contributed by atoms with Crippen LogP contribution in [0, 0.1) is 0 Å². The molecule has 0 saturated carbocycles. The average Bonchev–Trinajstić information content (AvgIpc) is 1.53. The van der Waals surface area contributed by atoms with Crippen LogP contribution in [0.15, 0.2) is 412 Å². The van der Waals surface area contributed by atoms with Crippen LogP contribution < -0.4 is 0 Å². The van der Waals surface area contributed by atoms with Gasteiger partial charge in [-0.05, 0) is 220 Å². The molecule has 0 N–H and O–H groups in total. The molecule has 8 heteroatoms. The lowest BCUT2D eigenvalue weighted by Gasteiger charge is -2.29. The number of para-hydroxylation sites is 12. The van der Waals surface area contributed by atoms with Gasteiger partial charge in [0, 0.05) is 148 Å². The van der Waals surface area contributed by atoms with Crippen LogP contribution in [0.5, 0.6) is 0 Å². The van der Waals surface area contributed by atoms with Crippen molar-refractivity contribution in [2.75, 3.05) is 0 Å². The fourth-order valence-corrected chi connectivity index (χ4v) is 15.4. The van der Waals surface area contributed by atoms with Crippen molar-refractivity contribution in [3.8, 4) is 45.5 Å². The van der Waals surface area contributed by atoms with Crippen molar-refractivity contribution in [3.63, 3.8) is 0 Å². The number of nitrogens with zero attached hydrogens (tertiary/aromatic N) is 8. The first-order valence-electron chi connectivity index (χ1n) is 72.7. The number of rotatable bonds is 12. The molecule has 0 fully saturated rings. The van der Waals surface area contributed by atoms with Gasteiger partial charge in [-0.1, -0.05) is 321 Å². The van der Waals surface area contributed by atoms with E-state index in [1.807, 2.05) is 41.5 Å². The van der Waals surface area contributed by atoms with Gasteiger partial charge in [0.05, 0.1) is 132 Å². The third-order valence-electron chi connectivity index (χ3n) is 21.6.